The summed E-state index contributed by atoms with van der Waals surface area (Å²) in [4.78, 5) is 14.2. The fourth-order valence-corrected chi connectivity index (χ4v) is 2.77. The van der Waals surface area contributed by atoms with Crippen LogP contribution in [0.15, 0.2) is 12.4 Å². The van der Waals surface area contributed by atoms with E-state index in [0.29, 0.717) is 13.0 Å². The highest BCUT2D eigenvalue weighted by Crippen LogP contribution is 2.09. The molecule has 0 radical (unpaired) electrons. The van der Waals surface area contributed by atoms with Crippen LogP contribution in [-0.2, 0) is 23.0 Å². The Kier molecular flexibility index (Phi) is 5.76. The first-order valence-electron chi connectivity index (χ1n) is 7.65. The van der Waals surface area contributed by atoms with Crippen molar-refractivity contribution in [2.24, 2.45) is 7.05 Å². The number of amides is 1. The molecule has 0 spiro atoms. The number of carbonyl (C=O) groups is 1. The van der Waals surface area contributed by atoms with Gasteiger partial charge in [-0.1, -0.05) is 0 Å². The van der Waals surface area contributed by atoms with E-state index in [4.69, 9.17) is 4.74 Å². The molecule has 118 valence electrons. The molecule has 1 amide bonds. The molecule has 6 heteroatoms. The second-order valence-electron chi connectivity index (χ2n) is 5.89. The molecule has 2 unspecified atom stereocenters. The number of carbonyl (C=O) groups excluding carboxylic acids is 1. The SMILES string of the molecule is CC1CN(CCNC(=O)CCc2cnn(C)c2)CC(C)O1. The molecule has 0 bridgehead atoms. The number of aromatic nitrogens is 2. The molecule has 2 heterocycles. The van der Waals surface area contributed by atoms with Crippen LogP contribution in [0, 0.1) is 0 Å². The molecule has 21 heavy (non-hydrogen) atoms. The number of ether oxygens (including phenoxy) is 1. The molecule has 1 saturated heterocycles. The van der Waals surface area contributed by atoms with Crippen molar-refractivity contribution in [2.45, 2.75) is 38.9 Å². The average Bonchev–Trinajstić information content (AvgIpc) is 2.81. The number of nitrogens with zero attached hydrogens (tertiary/aromatic N) is 3. The second kappa shape index (κ2) is 7.56. The van der Waals surface area contributed by atoms with Crippen molar-refractivity contribution in [3.8, 4) is 0 Å². The van der Waals surface area contributed by atoms with Gasteiger partial charge in [0.2, 0.25) is 5.91 Å². The molecule has 1 aromatic heterocycles. The maximum Gasteiger partial charge on any atom is 0.220 e. The van der Waals surface area contributed by atoms with E-state index in [1.807, 2.05) is 19.4 Å². The van der Waals surface area contributed by atoms with Crippen LogP contribution >= 0.6 is 0 Å². The smallest absolute Gasteiger partial charge is 0.220 e. The molecule has 0 aliphatic carbocycles. The first-order valence-corrected chi connectivity index (χ1v) is 7.65. The molecular formula is C15H26N4O2. The first kappa shape index (κ1) is 16.0. The summed E-state index contributed by atoms with van der Waals surface area (Å²) < 4.78 is 7.45. The van der Waals surface area contributed by atoms with Gasteiger partial charge in [0.25, 0.3) is 0 Å². The Morgan fingerprint density at radius 2 is 2.14 bits per heavy atom. The quantitative estimate of drug-likeness (QED) is 0.834. The van der Waals surface area contributed by atoms with Crippen molar-refractivity contribution in [3.05, 3.63) is 18.0 Å². The Labute approximate surface area is 126 Å². The molecule has 2 rings (SSSR count). The molecule has 2 atom stereocenters. The molecule has 1 N–H and O–H groups in total. The van der Waals surface area contributed by atoms with Gasteiger partial charge >= 0.3 is 0 Å². The van der Waals surface area contributed by atoms with Gasteiger partial charge in [-0.25, -0.2) is 0 Å². The maximum atomic E-state index is 11.8. The van der Waals surface area contributed by atoms with Gasteiger partial charge in [0, 0.05) is 45.8 Å². The lowest BCUT2D eigenvalue weighted by Gasteiger charge is -2.35. The van der Waals surface area contributed by atoms with E-state index in [1.54, 1.807) is 4.68 Å². The zero-order valence-corrected chi connectivity index (χ0v) is 13.2. The molecule has 0 aromatic carbocycles. The minimum atomic E-state index is 0.105. The number of rotatable bonds is 6. The molecule has 1 aliphatic rings. The topological polar surface area (TPSA) is 59.4 Å². The number of nitrogens with one attached hydrogen (secondary N) is 1. The fourth-order valence-electron chi connectivity index (χ4n) is 2.77. The zero-order valence-electron chi connectivity index (χ0n) is 13.2. The molecule has 1 fully saturated rings. The summed E-state index contributed by atoms with van der Waals surface area (Å²) in [6, 6.07) is 0. The highest BCUT2D eigenvalue weighted by molar-refractivity contribution is 5.76. The van der Waals surface area contributed by atoms with Crippen LogP contribution in [0.2, 0.25) is 0 Å². The second-order valence-corrected chi connectivity index (χ2v) is 5.89. The van der Waals surface area contributed by atoms with Crippen LogP contribution in [-0.4, -0.2) is 59.0 Å². The predicted molar refractivity (Wildman–Crippen MR) is 81.0 cm³/mol. The lowest BCUT2D eigenvalue weighted by atomic mass is 10.2. The third-order valence-electron chi connectivity index (χ3n) is 3.64. The van der Waals surface area contributed by atoms with E-state index in [0.717, 1.165) is 31.6 Å². The Morgan fingerprint density at radius 3 is 2.76 bits per heavy atom. The minimum Gasteiger partial charge on any atom is -0.373 e. The van der Waals surface area contributed by atoms with Crippen LogP contribution in [0.1, 0.15) is 25.8 Å². The highest BCUT2D eigenvalue weighted by atomic mass is 16.5. The number of morpholine rings is 1. The molecule has 1 aromatic rings. The van der Waals surface area contributed by atoms with Gasteiger partial charge in [0.15, 0.2) is 0 Å². The van der Waals surface area contributed by atoms with Crippen molar-refractivity contribution in [2.75, 3.05) is 26.2 Å². The summed E-state index contributed by atoms with van der Waals surface area (Å²) in [6.45, 7) is 7.65. The number of aryl methyl sites for hydroxylation is 2. The van der Waals surface area contributed by atoms with Gasteiger partial charge in [-0.05, 0) is 25.8 Å². The van der Waals surface area contributed by atoms with E-state index < -0.39 is 0 Å². The Bertz CT molecular complexity index is 450. The van der Waals surface area contributed by atoms with Crippen LogP contribution in [0.25, 0.3) is 0 Å². The van der Waals surface area contributed by atoms with Crippen molar-refractivity contribution >= 4 is 5.91 Å². The summed E-state index contributed by atoms with van der Waals surface area (Å²) in [5.41, 5.74) is 1.10. The number of hydrogen-bond donors (Lipinski definition) is 1. The lowest BCUT2D eigenvalue weighted by molar-refractivity contribution is -0.121. The van der Waals surface area contributed by atoms with E-state index in [-0.39, 0.29) is 18.1 Å². The molecule has 0 saturated carbocycles. The van der Waals surface area contributed by atoms with Gasteiger partial charge in [-0.15, -0.1) is 0 Å². The maximum absolute atomic E-state index is 11.8. The van der Waals surface area contributed by atoms with Gasteiger partial charge in [0.1, 0.15) is 0 Å². The molecular weight excluding hydrogens is 268 g/mol. The van der Waals surface area contributed by atoms with E-state index >= 15 is 0 Å². The van der Waals surface area contributed by atoms with Crippen molar-refractivity contribution < 1.29 is 9.53 Å². The highest BCUT2D eigenvalue weighted by Gasteiger charge is 2.21. The Balaban J connectivity index is 1.60. The van der Waals surface area contributed by atoms with Crippen LogP contribution in [0.4, 0.5) is 0 Å². The normalized spacial score (nSPS) is 23.2. The molecule has 6 nitrogen and oxygen atoms in total. The van der Waals surface area contributed by atoms with Crippen LogP contribution in [0.5, 0.6) is 0 Å². The number of hydrogen-bond acceptors (Lipinski definition) is 4. The summed E-state index contributed by atoms with van der Waals surface area (Å²) in [5.74, 6) is 0.105. The van der Waals surface area contributed by atoms with Gasteiger partial charge in [-0.3, -0.25) is 14.4 Å². The van der Waals surface area contributed by atoms with E-state index in [9.17, 15) is 4.79 Å². The summed E-state index contributed by atoms with van der Waals surface area (Å²) in [6.07, 6.45) is 5.56. The van der Waals surface area contributed by atoms with E-state index in [2.05, 4.69) is 29.2 Å². The monoisotopic (exact) mass is 294 g/mol. The third kappa shape index (κ3) is 5.47. The fraction of sp³-hybridized carbons (Fsp3) is 0.733. The average molecular weight is 294 g/mol. The standard InChI is InChI=1S/C15H26N4O2/c1-12-9-19(10-13(2)21-12)7-6-16-15(20)5-4-14-8-17-18(3)11-14/h8,11-13H,4-7,9-10H2,1-3H3,(H,16,20). The lowest BCUT2D eigenvalue weighted by Crippen LogP contribution is -2.47. The van der Waals surface area contributed by atoms with E-state index in [1.165, 1.54) is 0 Å². The predicted octanol–water partition coefficient (Wildman–Crippen LogP) is 0.578. The van der Waals surface area contributed by atoms with Crippen molar-refractivity contribution in [1.29, 1.82) is 0 Å². The minimum absolute atomic E-state index is 0.105. The summed E-state index contributed by atoms with van der Waals surface area (Å²) in [7, 11) is 1.88. The van der Waals surface area contributed by atoms with Crippen LogP contribution < -0.4 is 5.32 Å². The van der Waals surface area contributed by atoms with Gasteiger partial charge < -0.3 is 10.1 Å². The first-order chi connectivity index (χ1) is 10.0. The largest absolute Gasteiger partial charge is 0.373 e. The van der Waals surface area contributed by atoms with Gasteiger partial charge in [-0.2, -0.15) is 5.10 Å². The Morgan fingerprint density at radius 1 is 1.43 bits per heavy atom. The molecule has 1 aliphatic heterocycles. The van der Waals surface area contributed by atoms with Crippen LogP contribution in [0.3, 0.4) is 0 Å². The third-order valence-corrected chi connectivity index (χ3v) is 3.64. The van der Waals surface area contributed by atoms with Crippen molar-refractivity contribution in [3.63, 3.8) is 0 Å². The van der Waals surface area contributed by atoms with Gasteiger partial charge in [0.05, 0.1) is 18.4 Å². The summed E-state index contributed by atoms with van der Waals surface area (Å²) in [5, 5.41) is 7.09. The van der Waals surface area contributed by atoms with Crippen molar-refractivity contribution in [1.82, 2.24) is 20.0 Å². The summed E-state index contributed by atoms with van der Waals surface area (Å²) >= 11 is 0. The Hall–Kier alpha value is -1.40. The zero-order chi connectivity index (χ0) is 15.2.